The molecule has 0 unspecified atom stereocenters. The number of hydrogen-bond donors (Lipinski definition) is 1. The third-order valence-electron chi connectivity index (χ3n) is 21.6. The number of benzene rings is 13. The lowest BCUT2D eigenvalue weighted by Crippen LogP contribution is -2.14. The summed E-state index contributed by atoms with van der Waals surface area (Å²) in [6, 6.07) is 95.5. The van der Waals surface area contributed by atoms with Crippen molar-refractivity contribution in [3.8, 4) is 0 Å². The molecule has 0 fully saturated rings. The van der Waals surface area contributed by atoms with Crippen LogP contribution in [0.3, 0.4) is 0 Å². The first-order chi connectivity index (χ1) is 49.3. The van der Waals surface area contributed by atoms with Crippen LogP contribution in [0, 0.1) is 48.5 Å². The Morgan fingerprint density at radius 2 is 0.476 bits per heavy atom. The van der Waals surface area contributed by atoms with E-state index in [2.05, 4.69) is 319 Å². The molecule has 5 heteroatoms. The minimum atomic E-state index is -0.354. The second-order valence-corrected chi connectivity index (χ2v) is 28.5. The van der Waals surface area contributed by atoms with Crippen LogP contribution < -0.4 is 5.73 Å². The van der Waals surface area contributed by atoms with Gasteiger partial charge in [0.15, 0.2) is 0 Å². The lowest BCUT2D eigenvalue weighted by molar-refractivity contribution is 0.0824. The summed E-state index contributed by atoms with van der Waals surface area (Å²) in [6.07, 6.45) is 0. The summed E-state index contributed by atoms with van der Waals surface area (Å²) in [4.78, 5) is 36.0. The Morgan fingerprint density at radius 1 is 0.272 bits per heavy atom. The van der Waals surface area contributed by atoms with Gasteiger partial charge in [-0.1, -0.05) is 333 Å². The lowest BCUT2D eigenvalue weighted by Gasteiger charge is -2.24. The number of nitrogen functional groups attached to an aromatic ring is 1. The van der Waals surface area contributed by atoms with Crippen LogP contribution in [0.5, 0.6) is 0 Å². The van der Waals surface area contributed by atoms with Crippen molar-refractivity contribution in [2.24, 2.45) is 9.98 Å². The van der Waals surface area contributed by atoms with Gasteiger partial charge in [-0.25, -0.2) is 9.98 Å². The standard InChI is InChI=1S/C60H56N2.C23H25N.C14H10O2.CH4/c1-37-33-50(41(5)45-21-13-9-14-22-45)57(51(34-37)42(6)46-23-15-10-16-24-46)61-59-54-39(3)29-31-49-32-30-40(4)55(56(49)54)60(59)62-58-52(43(7)47-25-17-11-18-26-47)35-38(2)36-53(58)44(8)48-27-19-12-20-28-48;1-16-14-21(17(2)19-10-6-4-7-11-19)23(24)22(15-16)18(3)20-12-8-5-9-13-20;1-7-3-5-9-6-4-8(2)11-12(9)10(7)13(15)14(11)16;/h9-36,41-44H,1-8H3;4-15,17-18H,24H2,1-3H3;3-6H,1-2H3;1H4/t41-,42-,43-,44-;17-,18-;;/m11../s1. The molecular formula is C98H95N3O2. The third-order valence-corrected chi connectivity index (χ3v) is 21.6. The molecule has 0 amide bonds. The molecule has 0 aromatic heterocycles. The minimum Gasteiger partial charge on any atom is -0.398 e. The molecule has 15 rings (SSSR count). The van der Waals surface area contributed by atoms with Crippen LogP contribution in [-0.2, 0) is 0 Å². The highest BCUT2D eigenvalue weighted by atomic mass is 16.2. The zero-order chi connectivity index (χ0) is 71.6. The number of aliphatic imine (C=N–C) groups is 2. The topological polar surface area (TPSA) is 84.9 Å². The van der Waals surface area contributed by atoms with E-state index in [9.17, 15) is 9.59 Å². The van der Waals surface area contributed by atoms with E-state index in [1.54, 1.807) is 0 Å². The van der Waals surface area contributed by atoms with Gasteiger partial charge in [0.2, 0.25) is 11.6 Å². The molecule has 2 aliphatic rings. The zero-order valence-electron chi connectivity index (χ0n) is 61.2. The fraction of sp³-hybridized carbons (Fsp3) is 0.204. The number of hydrogen-bond acceptors (Lipinski definition) is 5. The second-order valence-electron chi connectivity index (χ2n) is 28.5. The van der Waals surface area contributed by atoms with Crippen LogP contribution in [0.1, 0.15) is 222 Å². The quantitative estimate of drug-likeness (QED) is 0.0869. The fourth-order valence-electron chi connectivity index (χ4n) is 15.7. The van der Waals surface area contributed by atoms with Gasteiger partial charge in [-0.05, 0) is 148 Å². The van der Waals surface area contributed by atoms with E-state index in [0.29, 0.717) is 11.1 Å². The second kappa shape index (κ2) is 30.6. The maximum atomic E-state index is 11.9. The molecular weight excluding hydrogens is 1250 g/mol. The predicted molar refractivity (Wildman–Crippen MR) is 436 cm³/mol. The van der Waals surface area contributed by atoms with E-state index in [0.717, 1.165) is 50.4 Å². The van der Waals surface area contributed by atoms with Crippen LogP contribution in [0.15, 0.2) is 277 Å². The molecule has 13 aromatic carbocycles. The van der Waals surface area contributed by atoms with Gasteiger partial charge >= 0.3 is 0 Å². The van der Waals surface area contributed by atoms with E-state index in [1.165, 1.54) is 116 Å². The smallest absolute Gasteiger partial charge is 0.234 e. The summed E-state index contributed by atoms with van der Waals surface area (Å²) in [7, 11) is 0. The molecule has 0 bridgehead atoms. The van der Waals surface area contributed by atoms with Crippen LogP contribution in [0.25, 0.3) is 21.5 Å². The molecule has 514 valence electrons. The maximum Gasteiger partial charge on any atom is 0.234 e. The molecule has 0 radical (unpaired) electrons. The number of Topliss-reactive ketones (excluding diaryl/α,β-unsaturated/α-hetero) is 2. The monoisotopic (exact) mass is 1350 g/mol. The minimum absolute atomic E-state index is 0. The Balaban J connectivity index is 0.000000197. The van der Waals surface area contributed by atoms with Gasteiger partial charge < -0.3 is 5.73 Å². The van der Waals surface area contributed by atoms with Crippen molar-refractivity contribution >= 4 is 61.6 Å². The number of carbonyl (C=O) groups is 2. The molecule has 0 saturated carbocycles. The number of ketones is 2. The maximum absolute atomic E-state index is 11.9. The van der Waals surface area contributed by atoms with Crippen molar-refractivity contribution < 1.29 is 9.59 Å². The fourth-order valence-corrected chi connectivity index (χ4v) is 15.7. The number of aryl methyl sites for hydroxylation is 7. The molecule has 0 spiro atoms. The lowest BCUT2D eigenvalue weighted by atomic mass is 9.84. The van der Waals surface area contributed by atoms with Crippen molar-refractivity contribution in [3.05, 3.63) is 395 Å². The van der Waals surface area contributed by atoms with Crippen LogP contribution in [-0.4, -0.2) is 23.0 Å². The summed E-state index contributed by atoms with van der Waals surface area (Å²) in [5.41, 5.74) is 38.0. The summed E-state index contributed by atoms with van der Waals surface area (Å²) in [6.45, 7) is 28.6. The summed E-state index contributed by atoms with van der Waals surface area (Å²) in [5, 5.41) is 4.27. The van der Waals surface area contributed by atoms with Crippen molar-refractivity contribution in [1.29, 1.82) is 0 Å². The van der Waals surface area contributed by atoms with Gasteiger partial charge in [-0.2, -0.15) is 0 Å². The van der Waals surface area contributed by atoms with Gasteiger partial charge in [-0.3, -0.25) is 9.59 Å². The van der Waals surface area contributed by atoms with Gasteiger partial charge in [0.25, 0.3) is 0 Å². The van der Waals surface area contributed by atoms with Crippen molar-refractivity contribution in [3.63, 3.8) is 0 Å². The van der Waals surface area contributed by atoms with Gasteiger partial charge in [0.05, 0.1) is 22.8 Å². The predicted octanol–water partition coefficient (Wildman–Crippen LogP) is 25.3. The molecule has 2 N–H and O–H groups in total. The molecule has 6 atom stereocenters. The highest BCUT2D eigenvalue weighted by Gasteiger charge is 2.35. The molecule has 2 aliphatic carbocycles. The average Bonchev–Trinajstić information content (AvgIpc) is 1.58. The molecule has 0 heterocycles. The summed E-state index contributed by atoms with van der Waals surface area (Å²) >= 11 is 0. The van der Waals surface area contributed by atoms with Crippen molar-refractivity contribution in [1.82, 2.24) is 0 Å². The molecule has 103 heavy (non-hydrogen) atoms. The van der Waals surface area contributed by atoms with Crippen LogP contribution in [0.4, 0.5) is 17.1 Å². The van der Waals surface area contributed by atoms with E-state index in [1.807, 2.05) is 38.1 Å². The SMILES string of the molecule is C.Cc1cc([C@H](C)c2ccccc2)c(N)c([C@H](C)c2ccccc2)c1.Cc1cc([C@H](C)c2ccccc2)c(N=C2C(=Nc3c([C@H](C)c4ccccc4)cc(C)cc3[C@H](C)c3ccccc3)c3c(C)ccc4ccc(C)c2c34)c([C@H](C)c2ccccc2)c1.Cc1ccc2ccc(C)c3c2c1C(=O)C3=O. The first kappa shape index (κ1) is 71.7. The molecule has 13 aromatic rings. The molecule has 5 nitrogen and oxygen atoms in total. The van der Waals surface area contributed by atoms with Crippen LogP contribution in [0.2, 0.25) is 0 Å². The largest absolute Gasteiger partial charge is 0.398 e. The van der Waals surface area contributed by atoms with Gasteiger partial charge in [0.1, 0.15) is 0 Å². The first-order valence-corrected chi connectivity index (χ1v) is 36.1. The number of nitrogens with zero attached hydrogens (tertiary/aromatic N) is 2. The molecule has 0 saturated heterocycles. The normalized spacial score (nSPS) is 14.7. The highest BCUT2D eigenvalue weighted by molar-refractivity contribution is 6.62. The Kier molecular flexibility index (Phi) is 21.3. The van der Waals surface area contributed by atoms with E-state index >= 15 is 0 Å². The highest BCUT2D eigenvalue weighted by Crippen LogP contribution is 2.47. The van der Waals surface area contributed by atoms with E-state index < -0.39 is 0 Å². The molecule has 0 aliphatic heterocycles. The van der Waals surface area contributed by atoms with Crippen molar-refractivity contribution in [2.45, 2.75) is 133 Å². The zero-order valence-corrected chi connectivity index (χ0v) is 61.2. The Bertz CT molecular complexity index is 4910. The Hall–Kier alpha value is -11.1. The van der Waals surface area contributed by atoms with Gasteiger partial charge in [0, 0.05) is 74.2 Å². The average molecular weight is 1350 g/mol. The van der Waals surface area contributed by atoms with E-state index in [4.69, 9.17) is 15.7 Å². The number of anilines is 1. The summed E-state index contributed by atoms with van der Waals surface area (Å²) in [5.74, 6) is 0.283. The van der Waals surface area contributed by atoms with E-state index in [-0.39, 0.29) is 54.5 Å². The third kappa shape index (κ3) is 14.2. The Labute approximate surface area is 611 Å². The first-order valence-electron chi connectivity index (χ1n) is 36.1. The number of carbonyl (C=O) groups excluding carboxylic acids is 2. The van der Waals surface area contributed by atoms with Crippen molar-refractivity contribution in [2.75, 3.05) is 5.73 Å². The number of nitrogens with two attached hydrogens (primary N) is 1. The Morgan fingerprint density at radius 3 is 0.718 bits per heavy atom. The number of rotatable bonds is 14. The summed E-state index contributed by atoms with van der Waals surface area (Å²) < 4.78 is 0. The van der Waals surface area contributed by atoms with Gasteiger partial charge in [-0.15, -0.1) is 0 Å². The van der Waals surface area contributed by atoms with Crippen LogP contribution >= 0.6 is 0 Å².